The van der Waals surface area contributed by atoms with Crippen LogP contribution in [0.4, 0.5) is 22.7 Å². The fourth-order valence-electron chi connectivity index (χ4n) is 8.61. The molecule has 7 aromatic rings. The lowest BCUT2D eigenvalue weighted by Crippen LogP contribution is -2.24. The van der Waals surface area contributed by atoms with Gasteiger partial charge in [0.05, 0.1) is 44.8 Å². The number of carboxylic acid groups (broad SMARTS) is 4. The fourth-order valence-corrected chi connectivity index (χ4v) is 8.61. The third-order valence-corrected chi connectivity index (χ3v) is 12.3. The summed E-state index contributed by atoms with van der Waals surface area (Å²) in [7, 11) is 0. The summed E-state index contributed by atoms with van der Waals surface area (Å²) in [6.07, 6.45) is 0.338. The number of anilines is 4. The van der Waals surface area contributed by atoms with Crippen molar-refractivity contribution in [3.63, 3.8) is 0 Å². The fraction of sp³-hybridized carbons (Fsp3) is 0.123. The highest BCUT2D eigenvalue weighted by Gasteiger charge is 2.35. The van der Waals surface area contributed by atoms with E-state index < -0.39 is 23.9 Å². The molecule has 0 aromatic heterocycles. The van der Waals surface area contributed by atoms with E-state index in [1.54, 1.807) is 68.4 Å². The molecule has 6 N–H and O–H groups in total. The molecule has 0 heterocycles. The van der Waals surface area contributed by atoms with Crippen molar-refractivity contribution in [2.75, 3.05) is 10.6 Å². The molecule has 0 amide bonds. The quantitative estimate of drug-likeness (QED) is 0.0747. The van der Waals surface area contributed by atoms with Crippen LogP contribution in [0.25, 0.3) is 0 Å². The van der Waals surface area contributed by atoms with Crippen LogP contribution in [0.5, 0.6) is 0 Å². The SMILES string of the molecule is CC.Cc1cc(Nc2cc(C(=O)O)cc(C(=O)O)c2)c2c(c1C)C(=O)c1ccccc1C2=O.Cc1cc(Nc2ccc(Cc3cc(C(=O)O)cc(C(=O)O)c3)cc2)c2c(c1C)C(=O)c1ccccc1C2=O. The van der Waals surface area contributed by atoms with Gasteiger partial charge in [-0.15, -0.1) is 0 Å². The van der Waals surface area contributed by atoms with Gasteiger partial charge in [0.1, 0.15) is 0 Å². The first-order valence-corrected chi connectivity index (χ1v) is 22.3. The number of carbonyl (C=O) groups is 8. The Hall–Kier alpha value is -9.30. The number of hydrogen-bond acceptors (Lipinski definition) is 10. The van der Waals surface area contributed by atoms with E-state index in [0.29, 0.717) is 68.0 Å². The zero-order chi connectivity index (χ0) is 51.6. The number of hydrogen-bond donors (Lipinski definition) is 6. The molecular formula is C57H46N2O12. The second-order valence-corrected chi connectivity index (χ2v) is 16.7. The van der Waals surface area contributed by atoms with Crippen LogP contribution in [0, 0.1) is 27.7 Å². The second-order valence-electron chi connectivity index (χ2n) is 16.7. The topological polar surface area (TPSA) is 242 Å². The molecule has 0 atom stereocenters. The molecule has 0 saturated carbocycles. The number of aryl methyl sites for hydroxylation is 2. The number of fused-ring (bicyclic) bond motifs is 4. The third kappa shape index (κ3) is 9.72. The second kappa shape index (κ2) is 20.1. The van der Waals surface area contributed by atoms with Gasteiger partial charge < -0.3 is 31.1 Å². The Morgan fingerprint density at radius 1 is 0.394 bits per heavy atom. The maximum atomic E-state index is 13.5. The monoisotopic (exact) mass is 950 g/mol. The maximum absolute atomic E-state index is 13.5. The molecule has 0 fully saturated rings. The molecule has 2 aliphatic rings. The highest BCUT2D eigenvalue weighted by atomic mass is 16.4. The lowest BCUT2D eigenvalue weighted by Gasteiger charge is -2.24. The molecule has 0 aliphatic heterocycles. The van der Waals surface area contributed by atoms with Crippen molar-refractivity contribution in [3.05, 3.63) is 221 Å². The lowest BCUT2D eigenvalue weighted by molar-refractivity contribution is 0.0676. The van der Waals surface area contributed by atoms with Crippen molar-refractivity contribution in [3.8, 4) is 0 Å². The molecule has 14 heteroatoms. The Kier molecular flexibility index (Phi) is 14.1. The lowest BCUT2D eigenvalue weighted by atomic mass is 9.80. The number of nitrogens with one attached hydrogen (secondary N) is 2. The zero-order valence-corrected chi connectivity index (χ0v) is 39.3. The highest BCUT2D eigenvalue weighted by molar-refractivity contribution is 6.32. The average molecular weight is 951 g/mol. The number of carbonyl (C=O) groups excluding carboxylic acids is 4. The Labute approximate surface area is 407 Å². The van der Waals surface area contributed by atoms with Gasteiger partial charge in [-0.3, -0.25) is 19.2 Å². The van der Waals surface area contributed by atoms with E-state index in [1.165, 1.54) is 24.3 Å². The van der Waals surface area contributed by atoms with E-state index in [1.807, 2.05) is 58.0 Å². The number of carboxylic acids is 4. The summed E-state index contributed by atoms with van der Waals surface area (Å²) in [5, 5.41) is 43.6. The van der Waals surface area contributed by atoms with E-state index >= 15 is 0 Å². The number of rotatable bonds is 10. The molecule has 71 heavy (non-hydrogen) atoms. The van der Waals surface area contributed by atoms with Crippen LogP contribution in [0.1, 0.15) is 152 Å². The standard InChI is InChI=1S/C31H23NO6.C24H17NO6.C2H6/c1-16-11-25(27-26(17(16)2)28(33)23-5-3-4-6-24(23)29(27)34)32-22-9-7-18(8-10-22)12-19-13-20(30(35)36)15-21(14-19)31(37)38;1-11-7-18(25-15-9-13(23(28)29)8-14(10-15)24(30)31)20-19(12(11)2)21(26)16-5-3-4-6-17(16)22(20)27;1-2/h3-11,13-15,32H,12H2,1-2H3,(H,35,36)(H,37,38);3-10,25H,1-2H3,(H,28,29)(H,30,31);1-2H3. The van der Waals surface area contributed by atoms with Crippen LogP contribution in [0.3, 0.4) is 0 Å². The van der Waals surface area contributed by atoms with Gasteiger partial charge in [0.15, 0.2) is 23.1 Å². The van der Waals surface area contributed by atoms with Crippen LogP contribution in [0.2, 0.25) is 0 Å². The Morgan fingerprint density at radius 2 is 0.718 bits per heavy atom. The predicted octanol–water partition coefficient (Wildman–Crippen LogP) is 11.1. The number of aromatic carboxylic acids is 4. The molecule has 0 spiro atoms. The van der Waals surface area contributed by atoms with E-state index in [2.05, 4.69) is 10.6 Å². The molecular weight excluding hydrogens is 905 g/mol. The van der Waals surface area contributed by atoms with Crippen LogP contribution < -0.4 is 10.6 Å². The van der Waals surface area contributed by atoms with Gasteiger partial charge in [-0.25, -0.2) is 19.2 Å². The van der Waals surface area contributed by atoms with Gasteiger partial charge in [0, 0.05) is 44.8 Å². The van der Waals surface area contributed by atoms with Crippen molar-refractivity contribution in [1.29, 1.82) is 0 Å². The van der Waals surface area contributed by atoms with Crippen molar-refractivity contribution in [1.82, 2.24) is 0 Å². The van der Waals surface area contributed by atoms with Crippen LogP contribution in [-0.4, -0.2) is 67.4 Å². The van der Waals surface area contributed by atoms with E-state index in [9.17, 15) is 58.8 Å². The Morgan fingerprint density at radius 3 is 1.07 bits per heavy atom. The van der Waals surface area contributed by atoms with Gasteiger partial charge >= 0.3 is 23.9 Å². The summed E-state index contributed by atoms with van der Waals surface area (Å²) in [5.74, 6) is -5.92. The average Bonchev–Trinajstić information content (AvgIpc) is 3.35. The normalized spacial score (nSPS) is 11.9. The summed E-state index contributed by atoms with van der Waals surface area (Å²) in [6, 6.07) is 32.0. The van der Waals surface area contributed by atoms with Crippen LogP contribution in [0.15, 0.2) is 121 Å². The van der Waals surface area contributed by atoms with Crippen molar-refractivity contribution < 1.29 is 58.8 Å². The molecule has 9 rings (SSSR count). The molecule has 0 unspecified atom stereocenters. The molecule has 0 saturated heterocycles. The van der Waals surface area contributed by atoms with E-state index in [4.69, 9.17) is 0 Å². The van der Waals surface area contributed by atoms with E-state index in [-0.39, 0.29) is 62.2 Å². The highest BCUT2D eigenvalue weighted by Crippen LogP contribution is 2.39. The summed E-state index contributed by atoms with van der Waals surface area (Å²) in [4.78, 5) is 98.9. The largest absolute Gasteiger partial charge is 0.478 e. The molecule has 356 valence electrons. The number of benzene rings is 7. The number of ketones is 4. The molecule has 2 aliphatic carbocycles. The third-order valence-electron chi connectivity index (χ3n) is 12.3. The smallest absolute Gasteiger partial charge is 0.335 e. The Balaban J connectivity index is 0.000000206. The van der Waals surface area contributed by atoms with Crippen molar-refractivity contribution in [2.24, 2.45) is 0 Å². The van der Waals surface area contributed by atoms with E-state index in [0.717, 1.165) is 34.4 Å². The van der Waals surface area contributed by atoms with Crippen molar-refractivity contribution >= 4 is 69.8 Å². The van der Waals surface area contributed by atoms with Crippen LogP contribution in [-0.2, 0) is 6.42 Å². The molecule has 7 aromatic carbocycles. The Bertz CT molecular complexity index is 3380. The van der Waals surface area contributed by atoms with Crippen LogP contribution >= 0.6 is 0 Å². The zero-order valence-electron chi connectivity index (χ0n) is 39.3. The van der Waals surface area contributed by atoms with Gasteiger partial charge in [0.2, 0.25) is 0 Å². The first-order valence-electron chi connectivity index (χ1n) is 22.3. The molecule has 14 nitrogen and oxygen atoms in total. The first-order chi connectivity index (χ1) is 33.8. The summed E-state index contributed by atoms with van der Waals surface area (Å²) in [6.45, 7) is 11.3. The summed E-state index contributed by atoms with van der Waals surface area (Å²) in [5.41, 5.74) is 8.31. The molecule has 0 radical (unpaired) electrons. The van der Waals surface area contributed by atoms with Crippen molar-refractivity contribution in [2.45, 2.75) is 48.0 Å². The minimum atomic E-state index is -1.28. The summed E-state index contributed by atoms with van der Waals surface area (Å²) >= 11 is 0. The minimum Gasteiger partial charge on any atom is -0.478 e. The van der Waals surface area contributed by atoms with Gasteiger partial charge in [-0.2, -0.15) is 0 Å². The van der Waals surface area contributed by atoms with Gasteiger partial charge in [0.25, 0.3) is 0 Å². The predicted molar refractivity (Wildman–Crippen MR) is 266 cm³/mol. The molecule has 0 bridgehead atoms. The van der Waals surface area contributed by atoms with Gasteiger partial charge in [-0.05, 0) is 128 Å². The maximum Gasteiger partial charge on any atom is 0.335 e. The first kappa shape index (κ1) is 49.6. The van der Waals surface area contributed by atoms with Gasteiger partial charge in [-0.1, -0.05) is 74.5 Å². The summed E-state index contributed by atoms with van der Waals surface area (Å²) < 4.78 is 0. The minimum absolute atomic E-state index is 0.0847.